The highest BCUT2D eigenvalue weighted by molar-refractivity contribution is 5.96. The molecule has 1 aromatic carbocycles. The van der Waals surface area contributed by atoms with E-state index in [9.17, 15) is 4.79 Å². The summed E-state index contributed by atoms with van der Waals surface area (Å²) in [5, 5.41) is 17.3. The van der Waals surface area contributed by atoms with Crippen molar-refractivity contribution in [3.05, 3.63) is 34.9 Å². The number of nitriles is 2. The van der Waals surface area contributed by atoms with Gasteiger partial charge in [0, 0.05) is 5.56 Å². The summed E-state index contributed by atoms with van der Waals surface area (Å²) < 4.78 is 0. The molecule has 4 nitrogen and oxygen atoms in total. The summed E-state index contributed by atoms with van der Waals surface area (Å²) in [6.45, 7) is 3.64. The van der Waals surface area contributed by atoms with Crippen molar-refractivity contribution in [3.63, 3.8) is 0 Å². The fraction of sp³-hybridized carbons (Fsp3) is 0.308. The van der Waals surface area contributed by atoms with Crippen molar-refractivity contribution in [1.82, 2.24) is 4.90 Å². The molecule has 0 atom stereocenters. The zero-order valence-electron chi connectivity index (χ0n) is 9.90. The fourth-order valence-electron chi connectivity index (χ4n) is 1.52. The van der Waals surface area contributed by atoms with Crippen molar-refractivity contribution < 1.29 is 4.79 Å². The summed E-state index contributed by atoms with van der Waals surface area (Å²) in [5.41, 5.74) is 2.46. The molecule has 0 saturated heterocycles. The van der Waals surface area contributed by atoms with Crippen LogP contribution in [0, 0.1) is 36.5 Å². The normalized spacial score (nSPS) is 9.18. The Morgan fingerprint density at radius 2 is 1.82 bits per heavy atom. The maximum Gasteiger partial charge on any atom is 0.255 e. The minimum atomic E-state index is -0.269. The zero-order valence-corrected chi connectivity index (χ0v) is 9.90. The molecule has 17 heavy (non-hydrogen) atoms. The fourth-order valence-corrected chi connectivity index (χ4v) is 1.52. The number of hydrogen-bond acceptors (Lipinski definition) is 3. The van der Waals surface area contributed by atoms with Crippen molar-refractivity contribution in [1.29, 1.82) is 10.5 Å². The Kier molecular flexibility index (Phi) is 4.25. The van der Waals surface area contributed by atoms with Crippen LogP contribution in [0.3, 0.4) is 0 Å². The monoisotopic (exact) mass is 227 g/mol. The van der Waals surface area contributed by atoms with Crippen LogP contribution >= 0.6 is 0 Å². The Morgan fingerprint density at radius 3 is 2.35 bits per heavy atom. The van der Waals surface area contributed by atoms with Crippen LogP contribution in [0.25, 0.3) is 0 Å². The molecular weight excluding hydrogens is 214 g/mol. The molecule has 1 rings (SSSR count). The number of carbonyl (C=O) groups excluding carboxylic acids is 1. The highest BCUT2D eigenvalue weighted by Gasteiger charge is 2.17. The quantitative estimate of drug-likeness (QED) is 0.739. The molecule has 0 aliphatic carbocycles. The number of nitrogens with zero attached hydrogens (tertiary/aromatic N) is 3. The molecule has 0 spiro atoms. The lowest BCUT2D eigenvalue weighted by molar-refractivity contribution is 0.0794. The van der Waals surface area contributed by atoms with E-state index in [-0.39, 0.29) is 19.0 Å². The lowest BCUT2D eigenvalue weighted by Gasteiger charge is -2.17. The van der Waals surface area contributed by atoms with Gasteiger partial charge in [-0.25, -0.2) is 0 Å². The van der Waals surface area contributed by atoms with Gasteiger partial charge >= 0.3 is 0 Å². The predicted molar refractivity (Wildman–Crippen MR) is 63.0 cm³/mol. The van der Waals surface area contributed by atoms with Crippen molar-refractivity contribution >= 4 is 5.91 Å². The van der Waals surface area contributed by atoms with E-state index in [1.807, 2.05) is 32.1 Å². The van der Waals surface area contributed by atoms with Gasteiger partial charge in [-0.1, -0.05) is 12.1 Å². The topological polar surface area (TPSA) is 67.9 Å². The van der Waals surface area contributed by atoms with E-state index >= 15 is 0 Å². The molecular formula is C13H13N3O. The van der Waals surface area contributed by atoms with E-state index in [4.69, 9.17) is 10.5 Å². The third-order valence-electron chi connectivity index (χ3n) is 2.65. The van der Waals surface area contributed by atoms with Crippen LogP contribution in [0.2, 0.25) is 0 Å². The van der Waals surface area contributed by atoms with E-state index in [1.165, 1.54) is 4.90 Å². The molecule has 86 valence electrons. The van der Waals surface area contributed by atoms with Gasteiger partial charge < -0.3 is 4.90 Å². The molecule has 0 fully saturated rings. The molecule has 0 radical (unpaired) electrons. The second-order valence-corrected chi connectivity index (χ2v) is 3.72. The molecule has 0 unspecified atom stereocenters. The van der Waals surface area contributed by atoms with Crippen molar-refractivity contribution in [2.75, 3.05) is 13.1 Å². The average molecular weight is 227 g/mol. The minimum absolute atomic E-state index is 0.0697. The summed E-state index contributed by atoms with van der Waals surface area (Å²) in [5.74, 6) is -0.269. The standard InChI is InChI=1S/C13H13N3O/c1-10-4-3-5-12(11(10)2)13(17)16(8-6-14)9-7-15/h3-5H,8-9H2,1-2H3. The molecule has 0 heterocycles. The molecule has 0 saturated carbocycles. The van der Waals surface area contributed by atoms with Gasteiger partial charge in [-0.15, -0.1) is 0 Å². The summed E-state index contributed by atoms with van der Waals surface area (Å²) in [6.07, 6.45) is 0. The van der Waals surface area contributed by atoms with Gasteiger partial charge in [0.25, 0.3) is 5.91 Å². The van der Waals surface area contributed by atoms with Crippen LogP contribution in [0.5, 0.6) is 0 Å². The van der Waals surface area contributed by atoms with E-state index < -0.39 is 0 Å². The minimum Gasteiger partial charge on any atom is -0.312 e. The van der Waals surface area contributed by atoms with Gasteiger partial charge in [0.05, 0.1) is 12.1 Å². The summed E-state index contributed by atoms with van der Waals surface area (Å²) in [7, 11) is 0. The number of rotatable bonds is 3. The Balaban J connectivity index is 3.07. The Labute approximate surface area is 101 Å². The highest BCUT2D eigenvalue weighted by Crippen LogP contribution is 2.14. The Bertz CT molecular complexity index is 492. The lowest BCUT2D eigenvalue weighted by Crippen LogP contribution is -2.32. The van der Waals surface area contributed by atoms with Crippen LogP contribution in [0.15, 0.2) is 18.2 Å². The smallest absolute Gasteiger partial charge is 0.255 e. The SMILES string of the molecule is Cc1cccc(C(=O)N(CC#N)CC#N)c1C. The molecule has 0 aliphatic rings. The van der Waals surface area contributed by atoms with Crippen LogP contribution in [0.1, 0.15) is 21.5 Å². The van der Waals surface area contributed by atoms with Gasteiger partial charge in [0.1, 0.15) is 13.1 Å². The average Bonchev–Trinajstić information content (AvgIpc) is 2.31. The van der Waals surface area contributed by atoms with Crippen molar-refractivity contribution in [2.45, 2.75) is 13.8 Å². The lowest BCUT2D eigenvalue weighted by atomic mass is 10.0. The van der Waals surface area contributed by atoms with Gasteiger partial charge in [0.15, 0.2) is 0 Å². The number of carbonyl (C=O) groups is 1. The third kappa shape index (κ3) is 2.83. The first-order valence-corrected chi connectivity index (χ1v) is 5.21. The van der Waals surface area contributed by atoms with E-state index in [2.05, 4.69) is 0 Å². The van der Waals surface area contributed by atoms with Gasteiger partial charge in [0.2, 0.25) is 0 Å². The van der Waals surface area contributed by atoms with Gasteiger partial charge in [-0.3, -0.25) is 4.79 Å². The largest absolute Gasteiger partial charge is 0.312 e. The van der Waals surface area contributed by atoms with Crippen molar-refractivity contribution in [2.24, 2.45) is 0 Å². The van der Waals surface area contributed by atoms with Crippen LogP contribution in [-0.2, 0) is 0 Å². The predicted octanol–water partition coefficient (Wildman–Crippen LogP) is 1.79. The maximum absolute atomic E-state index is 12.1. The third-order valence-corrected chi connectivity index (χ3v) is 2.65. The second-order valence-electron chi connectivity index (χ2n) is 3.72. The Morgan fingerprint density at radius 1 is 1.24 bits per heavy atom. The van der Waals surface area contributed by atoms with Crippen LogP contribution in [-0.4, -0.2) is 23.9 Å². The molecule has 1 amide bonds. The first kappa shape index (κ1) is 12.7. The second kappa shape index (κ2) is 5.67. The highest BCUT2D eigenvalue weighted by atomic mass is 16.2. The van der Waals surface area contributed by atoms with E-state index in [0.29, 0.717) is 5.56 Å². The summed E-state index contributed by atoms with van der Waals surface area (Å²) in [4.78, 5) is 13.4. The Hall–Kier alpha value is -2.33. The molecule has 0 aromatic heterocycles. The summed E-state index contributed by atoms with van der Waals surface area (Å²) in [6, 6.07) is 9.22. The molecule has 1 aromatic rings. The van der Waals surface area contributed by atoms with Gasteiger partial charge in [-0.05, 0) is 31.0 Å². The van der Waals surface area contributed by atoms with E-state index in [0.717, 1.165) is 11.1 Å². The first-order chi connectivity index (χ1) is 8.11. The number of amides is 1. The molecule has 4 heteroatoms. The number of hydrogen-bond donors (Lipinski definition) is 0. The van der Waals surface area contributed by atoms with Crippen molar-refractivity contribution in [3.8, 4) is 12.1 Å². The molecule has 0 bridgehead atoms. The molecule has 0 N–H and O–H groups in total. The number of benzene rings is 1. The molecule has 0 aliphatic heterocycles. The van der Waals surface area contributed by atoms with E-state index in [1.54, 1.807) is 12.1 Å². The first-order valence-electron chi connectivity index (χ1n) is 5.21. The van der Waals surface area contributed by atoms with Gasteiger partial charge in [-0.2, -0.15) is 10.5 Å². The summed E-state index contributed by atoms with van der Waals surface area (Å²) >= 11 is 0. The van der Waals surface area contributed by atoms with Crippen LogP contribution in [0.4, 0.5) is 0 Å². The van der Waals surface area contributed by atoms with Crippen LogP contribution < -0.4 is 0 Å². The number of aryl methyl sites for hydroxylation is 1. The maximum atomic E-state index is 12.1. The zero-order chi connectivity index (χ0) is 12.8.